The van der Waals surface area contributed by atoms with Crippen molar-refractivity contribution in [1.29, 1.82) is 0 Å². The van der Waals surface area contributed by atoms with E-state index in [0.717, 1.165) is 0 Å². The molecular weight excluding hydrogens is 340 g/mol. The third-order valence-corrected chi connectivity index (χ3v) is 3.74. The Bertz CT molecular complexity index is 371. The SMILES string of the molecule is O=C(O[C@H]1CN[C@H](COC(F)F)C1)O[C@H]1CN[C@H](COC(F)F)C1. The molecule has 2 aliphatic rings. The van der Waals surface area contributed by atoms with E-state index in [1.165, 1.54) is 0 Å². The fourth-order valence-electron chi connectivity index (χ4n) is 2.68. The average Bonchev–Trinajstić information content (AvgIpc) is 3.12. The lowest BCUT2D eigenvalue weighted by Gasteiger charge is -2.15. The van der Waals surface area contributed by atoms with Crippen LogP contribution in [-0.4, -0.2) is 70.0 Å². The molecule has 4 atom stereocenters. The smallest absolute Gasteiger partial charge is 0.430 e. The van der Waals surface area contributed by atoms with Crippen molar-refractivity contribution in [3.63, 3.8) is 0 Å². The second-order valence-corrected chi connectivity index (χ2v) is 5.60. The largest absolute Gasteiger partial charge is 0.508 e. The van der Waals surface area contributed by atoms with E-state index < -0.39 is 31.6 Å². The van der Waals surface area contributed by atoms with Crippen LogP contribution in [0.15, 0.2) is 0 Å². The highest BCUT2D eigenvalue weighted by atomic mass is 19.3. The standard InChI is InChI=1S/C13H20F4N2O5/c14-11(15)21-5-7-1-9(3-18-7)23-13(20)24-10-2-8(19-4-10)6-22-12(16)17/h7-12,18-19H,1-6H2/t7-,8-,9+,10+/m0/s1. The molecule has 2 heterocycles. The van der Waals surface area contributed by atoms with Crippen molar-refractivity contribution in [3.8, 4) is 0 Å². The zero-order valence-electron chi connectivity index (χ0n) is 12.8. The van der Waals surface area contributed by atoms with Crippen LogP contribution < -0.4 is 10.6 Å². The molecule has 0 aromatic heterocycles. The van der Waals surface area contributed by atoms with Crippen molar-refractivity contribution in [2.45, 2.75) is 50.4 Å². The molecule has 0 bridgehead atoms. The van der Waals surface area contributed by atoms with E-state index in [9.17, 15) is 22.4 Å². The van der Waals surface area contributed by atoms with Crippen molar-refractivity contribution in [2.75, 3.05) is 26.3 Å². The first-order chi connectivity index (χ1) is 11.4. The zero-order chi connectivity index (χ0) is 17.5. The van der Waals surface area contributed by atoms with Crippen LogP contribution in [0.25, 0.3) is 0 Å². The molecule has 2 N–H and O–H groups in total. The molecule has 2 saturated heterocycles. The van der Waals surface area contributed by atoms with Gasteiger partial charge in [-0.05, 0) is 0 Å². The molecule has 0 radical (unpaired) electrons. The quantitative estimate of drug-likeness (QED) is 0.495. The van der Waals surface area contributed by atoms with Crippen molar-refractivity contribution in [3.05, 3.63) is 0 Å². The van der Waals surface area contributed by atoms with Crippen LogP contribution in [0.2, 0.25) is 0 Å². The molecule has 0 aromatic carbocycles. The van der Waals surface area contributed by atoms with Crippen molar-refractivity contribution < 1.29 is 41.3 Å². The molecule has 140 valence electrons. The van der Waals surface area contributed by atoms with Crippen LogP contribution >= 0.6 is 0 Å². The Morgan fingerprint density at radius 3 is 1.67 bits per heavy atom. The molecular formula is C13H20F4N2O5. The summed E-state index contributed by atoms with van der Waals surface area (Å²) in [5.74, 6) is 0. The van der Waals surface area contributed by atoms with Gasteiger partial charge in [-0.1, -0.05) is 0 Å². The van der Waals surface area contributed by atoms with E-state index in [0.29, 0.717) is 25.9 Å². The normalized spacial score (nSPS) is 30.2. The first-order valence-electron chi connectivity index (χ1n) is 7.56. The predicted octanol–water partition coefficient (Wildman–Crippen LogP) is 1.08. The maximum Gasteiger partial charge on any atom is 0.508 e. The van der Waals surface area contributed by atoms with Gasteiger partial charge in [-0.25, -0.2) is 4.79 Å². The van der Waals surface area contributed by atoms with Gasteiger partial charge in [0.05, 0.1) is 13.2 Å². The lowest BCUT2D eigenvalue weighted by atomic mass is 10.2. The molecule has 7 nitrogen and oxygen atoms in total. The second-order valence-electron chi connectivity index (χ2n) is 5.60. The molecule has 0 amide bonds. The predicted molar refractivity (Wildman–Crippen MR) is 71.9 cm³/mol. The number of carbonyl (C=O) groups is 1. The van der Waals surface area contributed by atoms with Gasteiger partial charge in [-0.3, -0.25) is 0 Å². The van der Waals surface area contributed by atoms with Gasteiger partial charge < -0.3 is 29.6 Å². The minimum Gasteiger partial charge on any atom is -0.430 e. The highest BCUT2D eigenvalue weighted by molar-refractivity contribution is 5.60. The van der Waals surface area contributed by atoms with Gasteiger partial charge in [0.15, 0.2) is 0 Å². The first kappa shape index (κ1) is 19.2. The Morgan fingerprint density at radius 2 is 1.29 bits per heavy atom. The first-order valence-corrected chi connectivity index (χ1v) is 7.56. The Hall–Kier alpha value is -1.17. The summed E-state index contributed by atoms with van der Waals surface area (Å²) < 4.78 is 66.4. The average molecular weight is 360 g/mol. The number of alkyl halides is 4. The summed E-state index contributed by atoms with van der Waals surface area (Å²) in [7, 11) is 0. The molecule has 0 aliphatic carbocycles. The van der Waals surface area contributed by atoms with Gasteiger partial charge in [-0.2, -0.15) is 17.6 Å². The Labute approximate surface area is 135 Å². The van der Waals surface area contributed by atoms with E-state index in [1.54, 1.807) is 0 Å². The van der Waals surface area contributed by atoms with Gasteiger partial charge in [0.2, 0.25) is 0 Å². The number of halogens is 4. The number of rotatable bonds is 8. The molecule has 11 heteroatoms. The Kier molecular flexibility index (Phi) is 7.46. The van der Waals surface area contributed by atoms with E-state index in [4.69, 9.17) is 9.47 Å². The van der Waals surface area contributed by atoms with E-state index in [1.807, 2.05) is 0 Å². The minimum atomic E-state index is -2.84. The molecule has 0 aromatic rings. The van der Waals surface area contributed by atoms with Gasteiger partial charge in [-0.15, -0.1) is 0 Å². The maximum atomic E-state index is 11.9. The maximum absolute atomic E-state index is 11.9. The molecule has 0 spiro atoms. The Morgan fingerprint density at radius 1 is 0.875 bits per heavy atom. The van der Waals surface area contributed by atoms with Gasteiger partial charge >= 0.3 is 19.4 Å². The van der Waals surface area contributed by atoms with Crippen LogP contribution in [-0.2, 0) is 18.9 Å². The van der Waals surface area contributed by atoms with Crippen LogP contribution in [0.4, 0.5) is 22.4 Å². The van der Waals surface area contributed by atoms with Gasteiger partial charge in [0.1, 0.15) is 12.2 Å². The molecule has 2 rings (SSSR count). The molecule has 0 saturated carbocycles. The van der Waals surface area contributed by atoms with Crippen molar-refractivity contribution >= 4 is 6.16 Å². The number of carbonyl (C=O) groups excluding carboxylic acids is 1. The fraction of sp³-hybridized carbons (Fsp3) is 0.923. The molecule has 24 heavy (non-hydrogen) atoms. The lowest BCUT2D eigenvalue weighted by Crippen LogP contribution is -2.28. The summed E-state index contributed by atoms with van der Waals surface area (Å²) in [5, 5.41) is 5.81. The van der Waals surface area contributed by atoms with E-state index in [-0.39, 0.29) is 25.3 Å². The number of nitrogens with one attached hydrogen (secondary N) is 2. The number of ether oxygens (including phenoxy) is 4. The summed E-state index contributed by atoms with van der Waals surface area (Å²) in [6.07, 6.45) is -1.17. The minimum absolute atomic E-state index is 0.176. The highest BCUT2D eigenvalue weighted by Gasteiger charge is 2.31. The summed E-state index contributed by atoms with van der Waals surface area (Å²) in [6.45, 7) is -5.39. The molecule has 2 fully saturated rings. The highest BCUT2D eigenvalue weighted by Crippen LogP contribution is 2.16. The fourth-order valence-corrected chi connectivity index (χ4v) is 2.68. The zero-order valence-corrected chi connectivity index (χ0v) is 12.8. The second kappa shape index (κ2) is 9.35. The topological polar surface area (TPSA) is 78.1 Å². The van der Waals surface area contributed by atoms with E-state index >= 15 is 0 Å². The number of hydrogen-bond donors (Lipinski definition) is 2. The van der Waals surface area contributed by atoms with Crippen molar-refractivity contribution in [2.24, 2.45) is 0 Å². The lowest BCUT2D eigenvalue weighted by molar-refractivity contribution is -0.133. The van der Waals surface area contributed by atoms with Crippen LogP contribution in [0.5, 0.6) is 0 Å². The van der Waals surface area contributed by atoms with Crippen LogP contribution in [0.1, 0.15) is 12.8 Å². The summed E-state index contributed by atoms with van der Waals surface area (Å²) in [4.78, 5) is 11.7. The summed E-state index contributed by atoms with van der Waals surface area (Å²) in [5.41, 5.74) is 0. The molecule has 0 unspecified atom stereocenters. The monoisotopic (exact) mass is 360 g/mol. The third-order valence-electron chi connectivity index (χ3n) is 3.74. The summed E-state index contributed by atoms with van der Waals surface area (Å²) >= 11 is 0. The van der Waals surface area contributed by atoms with Crippen molar-refractivity contribution in [1.82, 2.24) is 10.6 Å². The van der Waals surface area contributed by atoms with Gasteiger partial charge in [0.25, 0.3) is 0 Å². The van der Waals surface area contributed by atoms with E-state index in [2.05, 4.69) is 20.1 Å². The molecule has 2 aliphatic heterocycles. The third kappa shape index (κ3) is 6.75. The Balaban J connectivity index is 1.60. The number of hydrogen-bond acceptors (Lipinski definition) is 7. The van der Waals surface area contributed by atoms with Gasteiger partial charge in [0, 0.05) is 38.0 Å². The van der Waals surface area contributed by atoms with Crippen LogP contribution in [0.3, 0.4) is 0 Å². The van der Waals surface area contributed by atoms with Crippen LogP contribution in [0, 0.1) is 0 Å². The summed E-state index contributed by atoms with van der Waals surface area (Å²) in [6, 6.07) is -0.637.